The second-order valence-electron chi connectivity index (χ2n) is 8.27. The largest absolute Gasteiger partial charge is 0.420 e. The van der Waals surface area contributed by atoms with E-state index in [1.165, 1.54) is 56.2 Å². The monoisotopic (exact) mass is 430 g/mol. The van der Waals surface area contributed by atoms with E-state index in [0.717, 1.165) is 32.1 Å². The molecule has 2 nitrogen and oxygen atoms in total. The van der Waals surface area contributed by atoms with Crippen LogP contribution in [0.3, 0.4) is 0 Å². The van der Waals surface area contributed by atoms with Crippen molar-refractivity contribution in [3.8, 4) is 5.75 Å². The summed E-state index contributed by atoms with van der Waals surface area (Å²) in [5, 5.41) is 0. The summed E-state index contributed by atoms with van der Waals surface area (Å²) in [7, 11) is 0. The SMILES string of the molecule is CCCCCCCCCc1ccc(C(=O)Oc2ccc(CCCCC)c(F)c2F)cc1. The Balaban J connectivity index is 1.85. The minimum atomic E-state index is -1.10. The zero-order chi connectivity index (χ0) is 22.5. The fourth-order valence-corrected chi connectivity index (χ4v) is 3.66. The highest BCUT2D eigenvalue weighted by atomic mass is 19.2. The minimum absolute atomic E-state index is 0.320. The summed E-state index contributed by atoms with van der Waals surface area (Å²) in [5.74, 6) is -3.07. The van der Waals surface area contributed by atoms with Crippen LogP contribution in [0.4, 0.5) is 8.78 Å². The molecule has 0 saturated carbocycles. The smallest absolute Gasteiger partial charge is 0.343 e. The third-order valence-corrected chi connectivity index (χ3v) is 5.64. The van der Waals surface area contributed by atoms with E-state index in [4.69, 9.17) is 4.74 Å². The van der Waals surface area contributed by atoms with E-state index < -0.39 is 17.6 Å². The Morgan fingerprint density at radius 3 is 1.97 bits per heavy atom. The van der Waals surface area contributed by atoms with Gasteiger partial charge in [0.1, 0.15) is 0 Å². The Morgan fingerprint density at radius 2 is 1.29 bits per heavy atom. The van der Waals surface area contributed by atoms with E-state index in [9.17, 15) is 13.6 Å². The van der Waals surface area contributed by atoms with Gasteiger partial charge in [-0.05, 0) is 55.0 Å². The fraction of sp³-hybridized carbons (Fsp3) is 0.519. The van der Waals surface area contributed by atoms with Crippen LogP contribution in [0.1, 0.15) is 99.5 Å². The minimum Gasteiger partial charge on any atom is -0.420 e. The molecule has 2 aromatic rings. The average Bonchev–Trinajstić information content (AvgIpc) is 2.78. The van der Waals surface area contributed by atoms with Crippen molar-refractivity contribution in [2.24, 2.45) is 0 Å². The number of benzene rings is 2. The highest BCUT2D eigenvalue weighted by molar-refractivity contribution is 5.91. The van der Waals surface area contributed by atoms with Crippen LogP contribution < -0.4 is 4.74 Å². The second kappa shape index (κ2) is 14.0. The van der Waals surface area contributed by atoms with E-state index >= 15 is 0 Å². The first-order chi connectivity index (χ1) is 15.1. The number of esters is 1. The molecule has 170 valence electrons. The molecule has 2 rings (SSSR count). The number of carbonyl (C=O) groups excluding carboxylic acids is 1. The van der Waals surface area contributed by atoms with Crippen LogP contribution in [0.15, 0.2) is 36.4 Å². The Hall–Kier alpha value is -2.23. The second-order valence-corrected chi connectivity index (χ2v) is 8.27. The maximum Gasteiger partial charge on any atom is 0.343 e. The van der Waals surface area contributed by atoms with Gasteiger partial charge < -0.3 is 4.74 Å². The number of hydrogen-bond donors (Lipinski definition) is 0. The molecule has 0 saturated heterocycles. The van der Waals surface area contributed by atoms with Gasteiger partial charge in [0.25, 0.3) is 0 Å². The molecule has 4 heteroatoms. The van der Waals surface area contributed by atoms with Crippen LogP contribution in [0.5, 0.6) is 5.75 Å². The maximum atomic E-state index is 14.3. The summed E-state index contributed by atoms with van der Waals surface area (Å²) < 4.78 is 33.7. The normalized spacial score (nSPS) is 11.0. The molecule has 0 amide bonds. The number of hydrogen-bond acceptors (Lipinski definition) is 2. The lowest BCUT2D eigenvalue weighted by molar-refractivity contribution is 0.0726. The van der Waals surface area contributed by atoms with Gasteiger partial charge in [0.05, 0.1) is 5.56 Å². The van der Waals surface area contributed by atoms with Crippen molar-refractivity contribution in [2.45, 2.75) is 90.9 Å². The lowest BCUT2D eigenvalue weighted by Gasteiger charge is -2.09. The first kappa shape index (κ1) is 25.0. The predicted octanol–water partition coefficient (Wildman–Crippen LogP) is 8.21. The molecule has 2 aromatic carbocycles. The van der Waals surface area contributed by atoms with Gasteiger partial charge in [-0.15, -0.1) is 0 Å². The highest BCUT2D eigenvalue weighted by Crippen LogP contribution is 2.25. The van der Waals surface area contributed by atoms with Crippen LogP contribution in [0.25, 0.3) is 0 Å². The van der Waals surface area contributed by atoms with Crippen LogP contribution >= 0.6 is 0 Å². The van der Waals surface area contributed by atoms with E-state index in [0.29, 0.717) is 17.5 Å². The summed E-state index contributed by atoms with van der Waals surface area (Å²) >= 11 is 0. The summed E-state index contributed by atoms with van der Waals surface area (Å²) in [6, 6.07) is 10.0. The molecule has 0 atom stereocenters. The molecule has 0 aliphatic heterocycles. The number of carbonyl (C=O) groups is 1. The fourth-order valence-electron chi connectivity index (χ4n) is 3.66. The van der Waals surface area contributed by atoms with Gasteiger partial charge in [0.15, 0.2) is 11.6 Å². The van der Waals surface area contributed by atoms with Crippen LogP contribution in [-0.4, -0.2) is 5.97 Å². The molecule has 0 spiro atoms. The standard InChI is InChI=1S/C27H36F2O2/c1-3-5-7-8-9-10-12-13-21-15-17-23(18-16-21)27(30)31-24-20-19-22(14-11-6-4-2)25(28)26(24)29/h15-20H,3-14H2,1-2H3. The molecule has 0 unspecified atom stereocenters. The third-order valence-electron chi connectivity index (χ3n) is 5.64. The third kappa shape index (κ3) is 8.43. The van der Waals surface area contributed by atoms with Gasteiger partial charge in [0, 0.05) is 0 Å². The quantitative estimate of drug-likeness (QED) is 0.171. The number of unbranched alkanes of at least 4 members (excludes halogenated alkanes) is 8. The van der Waals surface area contributed by atoms with Crippen molar-refractivity contribution in [3.05, 3.63) is 64.7 Å². The molecular formula is C27H36F2O2. The van der Waals surface area contributed by atoms with Gasteiger partial charge in [-0.25, -0.2) is 9.18 Å². The molecule has 0 bridgehead atoms. The molecule has 0 radical (unpaired) electrons. The van der Waals surface area contributed by atoms with E-state index in [1.54, 1.807) is 12.1 Å². The Labute approximate surface area is 186 Å². The Kier molecular flexibility index (Phi) is 11.3. The number of ether oxygens (including phenoxy) is 1. The van der Waals surface area contributed by atoms with E-state index in [1.807, 2.05) is 12.1 Å². The van der Waals surface area contributed by atoms with Crippen molar-refractivity contribution in [1.29, 1.82) is 0 Å². The maximum absolute atomic E-state index is 14.3. The lowest BCUT2D eigenvalue weighted by Crippen LogP contribution is -2.10. The predicted molar refractivity (Wildman–Crippen MR) is 123 cm³/mol. The van der Waals surface area contributed by atoms with Crippen LogP contribution in [-0.2, 0) is 12.8 Å². The molecule has 31 heavy (non-hydrogen) atoms. The highest BCUT2D eigenvalue weighted by Gasteiger charge is 2.18. The molecule has 0 N–H and O–H groups in total. The molecular weight excluding hydrogens is 394 g/mol. The van der Waals surface area contributed by atoms with Gasteiger partial charge >= 0.3 is 5.97 Å². The zero-order valence-corrected chi connectivity index (χ0v) is 19.0. The Morgan fingerprint density at radius 1 is 0.710 bits per heavy atom. The summed E-state index contributed by atoms with van der Waals surface area (Å²) in [6.07, 6.45) is 13.0. The lowest BCUT2D eigenvalue weighted by atomic mass is 10.0. The van der Waals surface area contributed by atoms with Gasteiger partial charge in [-0.3, -0.25) is 0 Å². The Bertz CT molecular complexity index is 800. The van der Waals surface area contributed by atoms with Crippen molar-refractivity contribution in [1.82, 2.24) is 0 Å². The first-order valence-corrected chi connectivity index (χ1v) is 11.8. The topological polar surface area (TPSA) is 26.3 Å². The van der Waals surface area contributed by atoms with Crippen LogP contribution in [0, 0.1) is 11.6 Å². The van der Waals surface area contributed by atoms with Crippen LogP contribution in [0.2, 0.25) is 0 Å². The van der Waals surface area contributed by atoms with Gasteiger partial charge in [0.2, 0.25) is 5.82 Å². The van der Waals surface area contributed by atoms with Gasteiger partial charge in [-0.1, -0.05) is 83.4 Å². The molecule has 0 heterocycles. The summed E-state index contributed by atoms with van der Waals surface area (Å²) in [5.41, 5.74) is 1.81. The van der Waals surface area contributed by atoms with Crippen molar-refractivity contribution < 1.29 is 18.3 Å². The van der Waals surface area contributed by atoms with E-state index in [2.05, 4.69) is 13.8 Å². The molecule has 0 aliphatic rings. The summed E-state index contributed by atoms with van der Waals surface area (Å²) in [4.78, 5) is 12.4. The van der Waals surface area contributed by atoms with Crippen molar-refractivity contribution in [3.63, 3.8) is 0 Å². The number of rotatable bonds is 14. The van der Waals surface area contributed by atoms with Crippen molar-refractivity contribution in [2.75, 3.05) is 0 Å². The molecule has 0 aliphatic carbocycles. The number of aryl methyl sites for hydroxylation is 2. The zero-order valence-electron chi connectivity index (χ0n) is 19.0. The van der Waals surface area contributed by atoms with Crippen molar-refractivity contribution >= 4 is 5.97 Å². The summed E-state index contributed by atoms with van der Waals surface area (Å²) in [6.45, 7) is 4.28. The van der Waals surface area contributed by atoms with Gasteiger partial charge in [-0.2, -0.15) is 4.39 Å². The number of halogens is 2. The van der Waals surface area contributed by atoms with E-state index in [-0.39, 0.29) is 5.75 Å². The average molecular weight is 431 g/mol. The first-order valence-electron chi connectivity index (χ1n) is 11.8. The molecule has 0 aromatic heterocycles. The molecule has 0 fully saturated rings.